The molecule has 15 nitrogen and oxygen atoms in total. The summed E-state index contributed by atoms with van der Waals surface area (Å²) in [5.74, 6) is 0.0202. The van der Waals surface area contributed by atoms with E-state index in [0.717, 1.165) is 45.7 Å². The van der Waals surface area contributed by atoms with Gasteiger partial charge in [0.05, 0.1) is 32.2 Å². The number of ether oxygens (including phenoxy) is 2. The number of benzene rings is 2. The number of nitrogens with one attached hydrogen (secondary N) is 3. The van der Waals surface area contributed by atoms with E-state index < -0.39 is 24.3 Å². The van der Waals surface area contributed by atoms with Gasteiger partial charge in [0.1, 0.15) is 23.9 Å². The minimum atomic E-state index is -0.744. The van der Waals surface area contributed by atoms with E-state index in [-0.39, 0.29) is 35.7 Å². The predicted molar refractivity (Wildman–Crippen MR) is 213 cm³/mol. The Morgan fingerprint density at radius 1 is 0.714 bits per heavy atom. The van der Waals surface area contributed by atoms with Gasteiger partial charge in [-0.3, -0.25) is 24.6 Å². The fraction of sp³-hybridized carbons (Fsp3) is 0.463. The first kappa shape index (κ1) is 40.1. The summed E-state index contributed by atoms with van der Waals surface area (Å²) in [7, 11) is 6.32. The number of aliphatic imine (C=N–C) groups is 1. The molecule has 2 aromatic carbocycles. The Hall–Kier alpha value is -5.54. The summed E-state index contributed by atoms with van der Waals surface area (Å²) in [6, 6.07) is 14.7. The zero-order valence-electron chi connectivity index (χ0n) is 33.4. The lowest BCUT2D eigenvalue weighted by Crippen LogP contribution is -2.56. The van der Waals surface area contributed by atoms with E-state index >= 15 is 0 Å². The number of carbonyl (C=O) groups is 4. The second kappa shape index (κ2) is 17.1. The molecule has 2 saturated heterocycles. The molecule has 1 aromatic heterocycles. The van der Waals surface area contributed by atoms with Gasteiger partial charge in [-0.1, -0.05) is 76.2 Å². The largest absolute Gasteiger partial charge is 0.453 e. The van der Waals surface area contributed by atoms with E-state index in [1.807, 2.05) is 58.0 Å². The van der Waals surface area contributed by atoms with E-state index in [4.69, 9.17) is 14.5 Å². The van der Waals surface area contributed by atoms with Gasteiger partial charge in [-0.2, -0.15) is 0 Å². The normalized spacial score (nSPS) is 19.9. The highest BCUT2D eigenvalue weighted by atomic mass is 16.5. The summed E-state index contributed by atoms with van der Waals surface area (Å²) >= 11 is 0. The summed E-state index contributed by atoms with van der Waals surface area (Å²) in [5.41, 5.74) is 7.02. The second-order valence-corrected chi connectivity index (χ2v) is 15.2. The molecule has 3 aromatic rings. The van der Waals surface area contributed by atoms with Crippen LogP contribution in [0.3, 0.4) is 0 Å². The van der Waals surface area contributed by atoms with Crippen molar-refractivity contribution in [2.24, 2.45) is 16.8 Å². The van der Waals surface area contributed by atoms with Crippen LogP contribution in [0.25, 0.3) is 28.0 Å². The lowest BCUT2D eigenvalue weighted by atomic mass is 9.95. The maximum absolute atomic E-state index is 13.7. The SMILES string of the molecule is COC(=O)N[C@H](C(=O)N1C(c2ncc(-c3ccc(-c4ccc(C5=CN=C([C@@H]6CCN(C)N6C(=O)[C@@H](NC(=O)OC)C(C)C)C5)cc4)cc3)[nH]2)CCN1C)C(C)C. The molecule has 3 N–H and O–H groups in total. The van der Waals surface area contributed by atoms with Crippen LogP contribution in [0.15, 0.2) is 65.9 Å². The molecule has 6 rings (SSSR count). The molecule has 4 atom stereocenters. The Kier molecular flexibility index (Phi) is 12.2. The van der Waals surface area contributed by atoms with Crippen molar-refractivity contribution in [3.8, 4) is 22.4 Å². The molecule has 0 bridgehead atoms. The third-order valence-electron chi connectivity index (χ3n) is 10.9. The number of aromatic nitrogens is 2. The molecular formula is C41H53N9O6. The van der Waals surface area contributed by atoms with Crippen LogP contribution in [0.2, 0.25) is 0 Å². The standard InChI is InChI=1S/C41H53N9O6/c1-24(2)35(45-40(53)55-7)38(51)49-33(17-19-47(49)5)31-21-30(22-42-31)28-11-9-26(10-12-28)27-13-15-29(16-14-27)32-23-43-37(44-32)34-18-20-48(6)50(34)39(52)36(25(3)4)46-41(54)56-8/h9-16,22-25,33-36H,17-21H2,1-8H3,(H,43,44)(H,45,53)(H,46,54)/t33-,34?,35-,36-/m0/s1. The van der Waals surface area contributed by atoms with Gasteiger partial charge in [0.15, 0.2) is 0 Å². The minimum Gasteiger partial charge on any atom is -0.453 e. The summed E-state index contributed by atoms with van der Waals surface area (Å²) in [6.45, 7) is 8.95. The quantitative estimate of drug-likeness (QED) is 0.236. The minimum absolute atomic E-state index is 0.125. The smallest absolute Gasteiger partial charge is 0.407 e. The van der Waals surface area contributed by atoms with Gasteiger partial charge in [-0.25, -0.2) is 24.6 Å². The van der Waals surface area contributed by atoms with Crippen LogP contribution in [0, 0.1) is 11.8 Å². The number of H-pyrrole nitrogens is 1. The van der Waals surface area contributed by atoms with Crippen molar-refractivity contribution in [2.45, 2.75) is 71.1 Å². The Labute approximate surface area is 328 Å². The maximum Gasteiger partial charge on any atom is 0.407 e. The van der Waals surface area contributed by atoms with Crippen molar-refractivity contribution < 1.29 is 28.7 Å². The van der Waals surface area contributed by atoms with Crippen LogP contribution in [-0.4, -0.2) is 119 Å². The lowest BCUT2D eigenvalue weighted by molar-refractivity contribution is -0.149. The first-order valence-corrected chi connectivity index (χ1v) is 19.1. The molecule has 0 spiro atoms. The van der Waals surface area contributed by atoms with Crippen LogP contribution >= 0.6 is 0 Å². The van der Waals surface area contributed by atoms with Gasteiger partial charge in [-0.15, -0.1) is 0 Å². The number of hydrazine groups is 2. The summed E-state index contributed by atoms with van der Waals surface area (Å²) < 4.78 is 9.54. The molecule has 0 aliphatic carbocycles. The molecule has 56 heavy (non-hydrogen) atoms. The van der Waals surface area contributed by atoms with Crippen molar-refractivity contribution in [1.29, 1.82) is 0 Å². The highest BCUT2D eigenvalue weighted by molar-refractivity contribution is 6.03. The van der Waals surface area contributed by atoms with E-state index in [9.17, 15) is 19.2 Å². The lowest BCUT2D eigenvalue weighted by Gasteiger charge is -2.34. The summed E-state index contributed by atoms with van der Waals surface area (Å²) in [4.78, 5) is 64.4. The summed E-state index contributed by atoms with van der Waals surface area (Å²) in [5, 5.41) is 12.6. The molecule has 0 radical (unpaired) electrons. The van der Waals surface area contributed by atoms with Crippen molar-refractivity contribution in [1.82, 2.24) is 40.6 Å². The van der Waals surface area contributed by atoms with Gasteiger partial charge in [0, 0.05) is 45.5 Å². The van der Waals surface area contributed by atoms with Gasteiger partial charge in [0.25, 0.3) is 11.8 Å². The number of aromatic amines is 1. The maximum atomic E-state index is 13.7. The van der Waals surface area contributed by atoms with Gasteiger partial charge in [0.2, 0.25) is 0 Å². The fourth-order valence-corrected chi connectivity index (χ4v) is 7.64. The summed E-state index contributed by atoms with van der Waals surface area (Å²) in [6.07, 6.45) is 4.49. The molecule has 4 heterocycles. The van der Waals surface area contributed by atoms with Gasteiger partial charge in [-0.05, 0) is 52.5 Å². The number of methoxy groups -OCH3 is 2. The van der Waals surface area contributed by atoms with Crippen molar-refractivity contribution in [3.63, 3.8) is 0 Å². The first-order chi connectivity index (χ1) is 26.8. The third-order valence-corrected chi connectivity index (χ3v) is 10.9. The monoisotopic (exact) mass is 767 g/mol. The van der Waals surface area contributed by atoms with Gasteiger partial charge >= 0.3 is 12.2 Å². The highest BCUT2D eigenvalue weighted by Crippen LogP contribution is 2.34. The number of nitrogens with zero attached hydrogens (tertiary/aromatic N) is 6. The van der Waals surface area contributed by atoms with E-state index in [2.05, 4.69) is 69.1 Å². The third kappa shape index (κ3) is 8.33. The molecule has 3 aliphatic heterocycles. The highest BCUT2D eigenvalue weighted by Gasteiger charge is 2.42. The molecule has 3 aliphatic rings. The van der Waals surface area contributed by atoms with E-state index in [1.165, 1.54) is 14.2 Å². The van der Waals surface area contributed by atoms with Crippen LogP contribution in [0.1, 0.15) is 64.4 Å². The van der Waals surface area contributed by atoms with Crippen molar-refractivity contribution in [3.05, 3.63) is 72.3 Å². The molecule has 4 amide bonds. The zero-order valence-corrected chi connectivity index (χ0v) is 33.4. The molecule has 2 fully saturated rings. The second-order valence-electron chi connectivity index (χ2n) is 15.2. The molecule has 15 heteroatoms. The van der Waals surface area contributed by atoms with E-state index in [0.29, 0.717) is 31.8 Å². The van der Waals surface area contributed by atoms with E-state index in [1.54, 1.807) is 16.2 Å². The Bertz CT molecular complexity index is 1970. The average molecular weight is 768 g/mol. The van der Waals surface area contributed by atoms with Crippen molar-refractivity contribution >= 4 is 35.3 Å². The number of hydrogen-bond acceptors (Lipinski definition) is 10. The molecule has 0 saturated carbocycles. The number of carbonyl (C=O) groups excluding carboxylic acids is 4. The number of imidazole rings is 1. The number of hydrogen-bond donors (Lipinski definition) is 3. The predicted octanol–water partition coefficient (Wildman–Crippen LogP) is 5.26. The van der Waals surface area contributed by atoms with Crippen molar-refractivity contribution in [2.75, 3.05) is 41.4 Å². The Balaban J connectivity index is 1.09. The molecule has 298 valence electrons. The van der Waals surface area contributed by atoms with Crippen LogP contribution < -0.4 is 10.6 Å². The fourth-order valence-electron chi connectivity index (χ4n) is 7.64. The Morgan fingerprint density at radius 2 is 1.18 bits per heavy atom. The number of allylic oxidation sites excluding steroid dienone is 1. The first-order valence-electron chi connectivity index (χ1n) is 19.1. The zero-order chi connectivity index (χ0) is 40.3. The van der Waals surface area contributed by atoms with Crippen LogP contribution in [0.4, 0.5) is 9.59 Å². The number of rotatable bonds is 11. The topological polar surface area (TPSA) is 165 Å². The number of alkyl carbamates (subject to hydrolysis) is 2. The van der Waals surface area contributed by atoms with Crippen LogP contribution in [-0.2, 0) is 19.1 Å². The van der Waals surface area contributed by atoms with Gasteiger partial charge < -0.3 is 25.1 Å². The molecular weight excluding hydrogens is 715 g/mol. The van der Waals surface area contributed by atoms with Crippen LogP contribution in [0.5, 0.6) is 0 Å². The molecule has 1 unspecified atom stereocenters. The number of amides is 4. The average Bonchev–Trinajstić information content (AvgIpc) is 4.02. The Morgan fingerprint density at radius 3 is 1.68 bits per heavy atom.